The Hall–Kier alpha value is -1.05. The molecule has 2 N–H and O–H groups in total. The predicted molar refractivity (Wildman–Crippen MR) is 67.4 cm³/mol. The number of hydrogen-bond donors (Lipinski definition) is 1. The molecule has 0 bridgehead atoms. The van der Waals surface area contributed by atoms with Crippen molar-refractivity contribution in [3.8, 4) is 0 Å². The fourth-order valence-corrected chi connectivity index (χ4v) is 3.75. The predicted octanol–water partition coefficient (Wildman–Crippen LogP) is 0.287. The Balaban J connectivity index is 2.32. The maximum absolute atomic E-state index is 12.4. The van der Waals surface area contributed by atoms with E-state index >= 15 is 0 Å². The molecule has 1 fully saturated rings. The van der Waals surface area contributed by atoms with Gasteiger partial charge < -0.3 is 5.73 Å². The molecule has 18 heavy (non-hydrogen) atoms. The van der Waals surface area contributed by atoms with Crippen LogP contribution < -0.4 is 5.73 Å². The van der Waals surface area contributed by atoms with Gasteiger partial charge in [-0.1, -0.05) is 6.42 Å². The van der Waals surface area contributed by atoms with Gasteiger partial charge in [0.2, 0.25) is 0 Å². The summed E-state index contributed by atoms with van der Waals surface area (Å²) >= 11 is 0. The zero-order valence-electron chi connectivity index (χ0n) is 10.4. The first-order valence-electron chi connectivity index (χ1n) is 6.08. The fourth-order valence-electron chi connectivity index (χ4n) is 2.17. The molecular formula is C11H18N4O2S. The third-order valence-electron chi connectivity index (χ3n) is 3.19. The number of aromatic nitrogens is 2. The summed E-state index contributed by atoms with van der Waals surface area (Å²) in [6.45, 7) is 2.63. The minimum absolute atomic E-state index is 0.00782. The van der Waals surface area contributed by atoms with Crippen LogP contribution in [0.3, 0.4) is 0 Å². The van der Waals surface area contributed by atoms with E-state index in [9.17, 15) is 8.42 Å². The van der Waals surface area contributed by atoms with Crippen LogP contribution in [0, 0.1) is 6.92 Å². The van der Waals surface area contributed by atoms with E-state index in [1.165, 1.54) is 10.4 Å². The average Bonchev–Trinajstić information content (AvgIpc) is 2.39. The lowest BCUT2D eigenvalue weighted by atomic mass is 10.1. The molecule has 0 aromatic carbocycles. The van der Waals surface area contributed by atoms with Crippen LogP contribution in [0.2, 0.25) is 0 Å². The Kier molecular flexibility index (Phi) is 3.94. The van der Waals surface area contributed by atoms with E-state index in [4.69, 9.17) is 5.73 Å². The second-order valence-corrected chi connectivity index (χ2v) is 6.35. The molecule has 2 heterocycles. The summed E-state index contributed by atoms with van der Waals surface area (Å²) in [7, 11) is -3.56. The smallest absolute Gasteiger partial charge is 0.262 e. The first-order chi connectivity index (χ1) is 8.55. The molecule has 1 atom stereocenters. The van der Waals surface area contributed by atoms with Crippen LogP contribution in [0.1, 0.15) is 25.0 Å². The number of rotatable bonds is 3. The van der Waals surface area contributed by atoms with Gasteiger partial charge in [-0.3, -0.25) is 0 Å². The summed E-state index contributed by atoms with van der Waals surface area (Å²) in [6.07, 6.45) is 2.71. The highest BCUT2D eigenvalue weighted by molar-refractivity contribution is 7.89. The zero-order chi connectivity index (χ0) is 13.2. The third kappa shape index (κ3) is 2.52. The van der Waals surface area contributed by atoms with E-state index in [-0.39, 0.29) is 11.1 Å². The second kappa shape index (κ2) is 5.29. The molecule has 0 radical (unpaired) electrons. The Labute approximate surface area is 107 Å². The molecule has 2 rings (SSSR count). The van der Waals surface area contributed by atoms with Gasteiger partial charge >= 0.3 is 0 Å². The molecule has 7 heteroatoms. The van der Waals surface area contributed by atoms with E-state index in [1.54, 1.807) is 13.0 Å². The molecule has 1 aliphatic rings. The van der Waals surface area contributed by atoms with Gasteiger partial charge in [-0.25, -0.2) is 8.42 Å². The highest BCUT2D eigenvalue weighted by Crippen LogP contribution is 2.23. The summed E-state index contributed by atoms with van der Waals surface area (Å²) in [6, 6.07) is 3.04. The summed E-state index contributed by atoms with van der Waals surface area (Å²) in [4.78, 5) is 0. The first-order valence-corrected chi connectivity index (χ1v) is 7.52. The number of nitrogens with two attached hydrogens (primary N) is 1. The number of nitrogens with zero attached hydrogens (tertiary/aromatic N) is 3. The van der Waals surface area contributed by atoms with E-state index in [1.807, 2.05) is 0 Å². The third-order valence-corrected chi connectivity index (χ3v) is 5.04. The lowest BCUT2D eigenvalue weighted by Crippen LogP contribution is -2.47. The van der Waals surface area contributed by atoms with Crippen LogP contribution in [0.25, 0.3) is 0 Å². The lowest BCUT2D eigenvalue weighted by molar-refractivity contribution is 0.256. The van der Waals surface area contributed by atoms with Gasteiger partial charge in [0.05, 0.1) is 5.69 Å². The van der Waals surface area contributed by atoms with E-state index in [0.29, 0.717) is 18.8 Å². The van der Waals surface area contributed by atoms with Crippen molar-refractivity contribution in [1.29, 1.82) is 0 Å². The largest absolute Gasteiger partial charge is 0.329 e. The van der Waals surface area contributed by atoms with Crippen molar-refractivity contribution in [3.05, 3.63) is 17.8 Å². The van der Waals surface area contributed by atoms with Crippen molar-refractivity contribution < 1.29 is 8.42 Å². The molecule has 1 saturated heterocycles. The highest BCUT2D eigenvalue weighted by Gasteiger charge is 2.33. The summed E-state index contributed by atoms with van der Waals surface area (Å²) < 4.78 is 26.3. The summed E-state index contributed by atoms with van der Waals surface area (Å²) in [5.74, 6) is 0. The van der Waals surface area contributed by atoms with Crippen molar-refractivity contribution in [2.75, 3.05) is 13.1 Å². The molecule has 0 unspecified atom stereocenters. The average molecular weight is 270 g/mol. The lowest BCUT2D eigenvalue weighted by Gasteiger charge is -2.33. The van der Waals surface area contributed by atoms with Crippen LogP contribution in [-0.2, 0) is 10.0 Å². The minimum atomic E-state index is -3.56. The molecule has 1 aromatic rings. The molecule has 0 saturated carbocycles. The quantitative estimate of drug-likeness (QED) is 0.852. The van der Waals surface area contributed by atoms with Crippen molar-refractivity contribution >= 4 is 10.0 Å². The zero-order valence-corrected chi connectivity index (χ0v) is 11.2. The van der Waals surface area contributed by atoms with Crippen molar-refractivity contribution in [2.45, 2.75) is 37.3 Å². The number of piperidine rings is 1. The van der Waals surface area contributed by atoms with Crippen molar-refractivity contribution in [2.24, 2.45) is 5.73 Å². The monoisotopic (exact) mass is 270 g/mol. The topological polar surface area (TPSA) is 89.2 Å². The number of aryl methyl sites for hydroxylation is 1. The maximum atomic E-state index is 12.4. The van der Waals surface area contributed by atoms with Crippen molar-refractivity contribution in [3.63, 3.8) is 0 Å². The second-order valence-electron chi connectivity index (χ2n) is 4.51. The van der Waals surface area contributed by atoms with Gasteiger partial charge in [0.15, 0.2) is 5.03 Å². The van der Waals surface area contributed by atoms with Crippen LogP contribution >= 0.6 is 0 Å². The SMILES string of the molecule is Cc1ccc(S(=O)(=O)N2CCCC[C@H]2CN)nn1. The molecule has 1 aliphatic heterocycles. The Morgan fingerprint density at radius 2 is 2.17 bits per heavy atom. The van der Waals surface area contributed by atoms with Gasteiger partial charge in [0.25, 0.3) is 10.0 Å². The molecular weight excluding hydrogens is 252 g/mol. The molecule has 0 aliphatic carbocycles. The molecule has 0 amide bonds. The van der Waals surface area contributed by atoms with Gasteiger partial charge in [-0.15, -0.1) is 5.10 Å². The van der Waals surface area contributed by atoms with Gasteiger partial charge in [0.1, 0.15) is 0 Å². The fraction of sp³-hybridized carbons (Fsp3) is 0.636. The van der Waals surface area contributed by atoms with E-state index in [2.05, 4.69) is 10.2 Å². The molecule has 0 spiro atoms. The van der Waals surface area contributed by atoms with E-state index in [0.717, 1.165) is 19.3 Å². The van der Waals surface area contributed by atoms with Crippen molar-refractivity contribution in [1.82, 2.24) is 14.5 Å². The normalized spacial score (nSPS) is 22.0. The standard InChI is InChI=1S/C11H18N4O2S/c1-9-5-6-11(14-13-9)18(16,17)15-7-3-2-4-10(15)8-12/h5-6,10H,2-4,7-8,12H2,1H3/t10-/m0/s1. The van der Waals surface area contributed by atoms with Crippen LogP contribution in [0.5, 0.6) is 0 Å². The molecule has 100 valence electrons. The molecule has 1 aromatic heterocycles. The minimum Gasteiger partial charge on any atom is -0.329 e. The first kappa shape index (κ1) is 13.4. The van der Waals surface area contributed by atoms with Crippen LogP contribution in [0.4, 0.5) is 0 Å². The Morgan fingerprint density at radius 1 is 1.39 bits per heavy atom. The Morgan fingerprint density at radius 3 is 2.78 bits per heavy atom. The van der Waals surface area contributed by atoms with Gasteiger partial charge in [-0.2, -0.15) is 9.40 Å². The van der Waals surface area contributed by atoms with Gasteiger partial charge in [0, 0.05) is 19.1 Å². The highest BCUT2D eigenvalue weighted by atomic mass is 32.2. The van der Waals surface area contributed by atoms with Crippen LogP contribution in [-0.4, -0.2) is 42.1 Å². The summed E-state index contributed by atoms with van der Waals surface area (Å²) in [5, 5.41) is 7.59. The number of sulfonamides is 1. The maximum Gasteiger partial charge on any atom is 0.262 e. The van der Waals surface area contributed by atoms with Gasteiger partial charge in [-0.05, 0) is 31.9 Å². The summed E-state index contributed by atoms with van der Waals surface area (Å²) in [5.41, 5.74) is 6.35. The Bertz CT molecular complexity index is 500. The van der Waals surface area contributed by atoms with Crippen LogP contribution in [0.15, 0.2) is 17.2 Å². The number of hydrogen-bond acceptors (Lipinski definition) is 5. The van der Waals surface area contributed by atoms with E-state index < -0.39 is 10.0 Å². The molecule has 6 nitrogen and oxygen atoms in total.